The molecule has 2 aromatic rings. The quantitative estimate of drug-likeness (QED) is 0.440. The summed E-state index contributed by atoms with van der Waals surface area (Å²) in [7, 11) is 1.52. The molecule has 0 atom stereocenters. The molecule has 3 amide bonds. The van der Waals surface area contributed by atoms with Crippen LogP contribution >= 0.6 is 11.8 Å². The smallest absolute Gasteiger partial charge is 0.343 e. The molecule has 8 nitrogen and oxygen atoms in total. The van der Waals surface area contributed by atoms with Crippen molar-refractivity contribution in [3.8, 4) is 11.5 Å². The van der Waals surface area contributed by atoms with Gasteiger partial charge in [0.25, 0.3) is 11.1 Å². The number of para-hydroxylation sites is 1. The van der Waals surface area contributed by atoms with E-state index in [1.807, 2.05) is 0 Å². The summed E-state index contributed by atoms with van der Waals surface area (Å²) < 4.78 is 10.5. The zero-order valence-corrected chi connectivity index (χ0v) is 16.1. The number of esters is 1. The summed E-state index contributed by atoms with van der Waals surface area (Å²) >= 11 is 0.683. The molecule has 1 aliphatic rings. The molecule has 2 aromatic carbocycles. The number of nitrogens with two attached hydrogens (primary N) is 1. The molecule has 29 heavy (non-hydrogen) atoms. The zero-order chi connectivity index (χ0) is 21.0. The van der Waals surface area contributed by atoms with E-state index in [2.05, 4.69) is 0 Å². The first-order chi connectivity index (χ1) is 13.9. The minimum Gasteiger partial charge on any atom is -0.497 e. The third-order valence-corrected chi connectivity index (χ3v) is 4.83. The normalized spacial score (nSPS) is 14.9. The number of carbonyl (C=O) groups excluding carboxylic acids is 4. The Bertz CT molecular complexity index is 1020. The van der Waals surface area contributed by atoms with Gasteiger partial charge in [0.15, 0.2) is 0 Å². The Morgan fingerprint density at radius 2 is 1.79 bits per heavy atom. The standard InChI is InChI=1S/C20H16N2O6S/c1-27-14-8-6-12(7-9-14)19(25)28-15-5-3-2-4-13(15)10-16-18(24)22(11-17(21)23)20(26)29-16/h2-10H,11H2,1H3,(H2,21,23)/b16-10-. The molecule has 1 saturated heterocycles. The first kappa shape index (κ1) is 20.2. The average Bonchev–Trinajstić information content (AvgIpc) is 2.96. The monoisotopic (exact) mass is 412 g/mol. The predicted molar refractivity (Wildman–Crippen MR) is 106 cm³/mol. The second-order valence-electron chi connectivity index (χ2n) is 5.89. The van der Waals surface area contributed by atoms with E-state index in [4.69, 9.17) is 15.2 Å². The second-order valence-corrected chi connectivity index (χ2v) is 6.88. The molecule has 148 valence electrons. The van der Waals surface area contributed by atoms with Crippen LogP contribution in [0.5, 0.6) is 11.5 Å². The van der Waals surface area contributed by atoms with Gasteiger partial charge in [-0.3, -0.25) is 19.3 Å². The molecule has 0 aromatic heterocycles. The van der Waals surface area contributed by atoms with Crippen molar-refractivity contribution in [3.05, 3.63) is 64.6 Å². The van der Waals surface area contributed by atoms with Crippen molar-refractivity contribution in [1.29, 1.82) is 0 Å². The molecule has 1 aliphatic heterocycles. The first-order valence-corrected chi connectivity index (χ1v) is 9.19. The number of nitrogens with zero attached hydrogens (tertiary/aromatic N) is 1. The van der Waals surface area contributed by atoms with Gasteiger partial charge in [0.1, 0.15) is 18.0 Å². The van der Waals surface area contributed by atoms with Gasteiger partial charge in [-0.2, -0.15) is 0 Å². The van der Waals surface area contributed by atoms with Gasteiger partial charge >= 0.3 is 5.97 Å². The van der Waals surface area contributed by atoms with Crippen molar-refractivity contribution in [2.75, 3.05) is 13.7 Å². The molecule has 0 saturated carbocycles. The number of methoxy groups -OCH3 is 1. The highest BCUT2D eigenvalue weighted by Crippen LogP contribution is 2.34. The number of rotatable bonds is 6. The molecule has 3 rings (SSSR count). The van der Waals surface area contributed by atoms with Crippen LogP contribution < -0.4 is 15.2 Å². The van der Waals surface area contributed by atoms with Crippen molar-refractivity contribution in [2.24, 2.45) is 5.73 Å². The van der Waals surface area contributed by atoms with E-state index in [-0.39, 0.29) is 10.7 Å². The van der Waals surface area contributed by atoms with Crippen molar-refractivity contribution in [1.82, 2.24) is 4.90 Å². The van der Waals surface area contributed by atoms with Crippen LogP contribution in [0.15, 0.2) is 53.4 Å². The number of thioether (sulfide) groups is 1. The van der Waals surface area contributed by atoms with Gasteiger partial charge in [0, 0.05) is 5.56 Å². The maximum Gasteiger partial charge on any atom is 0.343 e. The lowest BCUT2D eigenvalue weighted by Gasteiger charge is -2.09. The Morgan fingerprint density at radius 3 is 2.45 bits per heavy atom. The molecule has 2 N–H and O–H groups in total. The van der Waals surface area contributed by atoms with Crippen molar-refractivity contribution in [2.45, 2.75) is 0 Å². The Kier molecular flexibility index (Phi) is 5.99. The number of carbonyl (C=O) groups is 4. The van der Waals surface area contributed by atoms with E-state index >= 15 is 0 Å². The molecule has 1 heterocycles. The van der Waals surface area contributed by atoms with Crippen molar-refractivity contribution >= 4 is 40.9 Å². The minimum atomic E-state index is -0.789. The van der Waals surface area contributed by atoms with Crippen LogP contribution in [0.2, 0.25) is 0 Å². The summed E-state index contributed by atoms with van der Waals surface area (Å²) in [5.74, 6) is -1.18. The summed E-state index contributed by atoms with van der Waals surface area (Å²) in [4.78, 5) is 48.6. The molecule has 0 radical (unpaired) electrons. The predicted octanol–water partition coefficient (Wildman–Crippen LogP) is 2.44. The van der Waals surface area contributed by atoms with E-state index in [0.717, 1.165) is 4.90 Å². The lowest BCUT2D eigenvalue weighted by Crippen LogP contribution is -2.36. The Morgan fingerprint density at radius 1 is 1.10 bits per heavy atom. The van der Waals surface area contributed by atoms with Crippen LogP contribution in [0.1, 0.15) is 15.9 Å². The molecule has 0 bridgehead atoms. The van der Waals surface area contributed by atoms with Crippen LogP contribution in [0, 0.1) is 0 Å². The number of amides is 3. The fourth-order valence-electron chi connectivity index (χ4n) is 2.51. The fourth-order valence-corrected chi connectivity index (χ4v) is 3.34. The number of benzene rings is 2. The number of hydrogen-bond acceptors (Lipinski definition) is 7. The topological polar surface area (TPSA) is 116 Å². The van der Waals surface area contributed by atoms with E-state index in [9.17, 15) is 19.2 Å². The largest absolute Gasteiger partial charge is 0.497 e. The molecule has 9 heteroatoms. The van der Waals surface area contributed by atoms with E-state index < -0.39 is 29.6 Å². The Hall–Kier alpha value is -3.59. The SMILES string of the molecule is COc1ccc(C(=O)Oc2ccccc2/C=C2\SC(=O)N(CC(N)=O)C2=O)cc1. The Balaban J connectivity index is 1.83. The highest BCUT2D eigenvalue weighted by atomic mass is 32.2. The van der Waals surface area contributed by atoms with Crippen molar-refractivity contribution < 1.29 is 28.7 Å². The molecule has 0 unspecified atom stereocenters. The number of ether oxygens (including phenoxy) is 2. The third-order valence-electron chi connectivity index (χ3n) is 3.92. The van der Waals surface area contributed by atoms with Gasteiger partial charge < -0.3 is 15.2 Å². The van der Waals surface area contributed by atoms with Crippen LogP contribution in [0.4, 0.5) is 4.79 Å². The van der Waals surface area contributed by atoms with Crippen LogP contribution in [0.3, 0.4) is 0 Å². The molecular formula is C20H16N2O6S. The van der Waals surface area contributed by atoms with E-state index in [0.29, 0.717) is 28.6 Å². The fraction of sp³-hybridized carbons (Fsp3) is 0.100. The lowest BCUT2D eigenvalue weighted by molar-refractivity contribution is -0.127. The second kappa shape index (κ2) is 8.61. The maximum atomic E-state index is 12.4. The van der Waals surface area contributed by atoms with Gasteiger partial charge in [-0.25, -0.2) is 4.79 Å². The highest BCUT2D eigenvalue weighted by Gasteiger charge is 2.36. The number of imide groups is 1. The third kappa shape index (κ3) is 4.64. The summed E-state index contributed by atoms with van der Waals surface area (Å²) in [6, 6.07) is 13.0. The van der Waals surface area contributed by atoms with E-state index in [1.165, 1.54) is 13.2 Å². The first-order valence-electron chi connectivity index (χ1n) is 8.38. The van der Waals surface area contributed by atoms with Crippen LogP contribution in [0.25, 0.3) is 6.08 Å². The highest BCUT2D eigenvalue weighted by molar-refractivity contribution is 8.18. The van der Waals surface area contributed by atoms with Crippen LogP contribution in [-0.4, -0.2) is 41.6 Å². The summed E-state index contributed by atoms with van der Waals surface area (Å²) in [6.07, 6.45) is 1.43. The zero-order valence-electron chi connectivity index (χ0n) is 15.3. The Labute approximate surface area is 170 Å². The minimum absolute atomic E-state index is 0.101. The van der Waals surface area contributed by atoms with Gasteiger partial charge in [-0.05, 0) is 48.2 Å². The lowest BCUT2D eigenvalue weighted by atomic mass is 10.1. The average molecular weight is 412 g/mol. The summed E-state index contributed by atoms with van der Waals surface area (Å²) in [5.41, 5.74) is 5.82. The van der Waals surface area contributed by atoms with Crippen LogP contribution in [-0.2, 0) is 9.59 Å². The molecule has 0 spiro atoms. The van der Waals surface area contributed by atoms with Gasteiger partial charge in [-0.15, -0.1) is 0 Å². The molecular weight excluding hydrogens is 396 g/mol. The summed E-state index contributed by atoms with van der Waals surface area (Å²) in [5, 5.41) is -0.590. The van der Waals surface area contributed by atoms with Gasteiger partial charge in [0.05, 0.1) is 17.6 Å². The summed E-state index contributed by atoms with van der Waals surface area (Å²) in [6.45, 7) is -0.490. The number of primary amides is 1. The van der Waals surface area contributed by atoms with Crippen molar-refractivity contribution in [3.63, 3.8) is 0 Å². The number of hydrogen-bond donors (Lipinski definition) is 1. The molecule has 0 aliphatic carbocycles. The van der Waals surface area contributed by atoms with E-state index in [1.54, 1.807) is 48.5 Å². The van der Waals surface area contributed by atoms with Gasteiger partial charge in [0.2, 0.25) is 5.91 Å². The van der Waals surface area contributed by atoms with Gasteiger partial charge in [-0.1, -0.05) is 18.2 Å². The molecule has 1 fully saturated rings. The maximum absolute atomic E-state index is 12.4.